The van der Waals surface area contributed by atoms with Crippen LogP contribution in [0.2, 0.25) is 0 Å². The Morgan fingerprint density at radius 2 is 2.05 bits per heavy atom. The molecule has 0 aliphatic rings. The van der Waals surface area contributed by atoms with Gasteiger partial charge in [-0.25, -0.2) is 0 Å². The van der Waals surface area contributed by atoms with Crippen LogP contribution in [-0.2, 0) is 11.2 Å². The Morgan fingerprint density at radius 3 is 2.68 bits per heavy atom. The minimum atomic E-state index is -0.431. The lowest BCUT2D eigenvalue weighted by Crippen LogP contribution is -2.17. The topological polar surface area (TPSA) is 72.2 Å². The Bertz CT molecular complexity index is 625. The van der Waals surface area contributed by atoms with Gasteiger partial charge in [0, 0.05) is 11.1 Å². The molecule has 0 saturated heterocycles. The number of amides is 2. The minimum Gasteiger partial charge on any atom is -0.369 e. The summed E-state index contributed by atoms with van der Waals surface area (Å²) in [5, 5.41) is 4.54. The number of hydrogen-bond acceptors (Lipinski definition) is 3. The molecule has 0 bridgehead atoms. The van der Waals surface area contributed by atoms with Gasteiger partial charge in [-0.2, -0.15) is 0 Å². The van der Waals surface area contributed by atoms with Gasteiger partial charge in [0.1, 0.15) is 0 Å². The van der Waals surface area contributed by atoms with E-state index in [1.165, 1.54) is 11.3 Å². The summed E-state index contributed by atoms with van der Waals surface area (Å²) in [6, 6.07) is 8.86. The fourth-order valence-corrected chi connectivity index (χ4v) is 2.74. The van der Waals surface area contributed by atoms with Crippen LogP contribution in [0.4, 0.5) is 5.69 Å². The van der Waals surface area contributed by atoms with E-state index in [1.807, 2.05) is 0 Å². The first kappa shape index (κ1) is 13.8. The number of carbonyl (C=O) groups is 2. The molecule has 0 spiro atoms. The van der Waals surface area contributed by atoms with Crippen LogP contribution < -0.4 is 11.1 Å². The van der Waals surface area contributed by atoms with Crippen LogP contribution in [0, 0.1) is 0 Å². The molecule has 0 saturated carbocycles. The average Bonchev–Trinajstić information content (AvgIpc) is 2.78. The number of nitrogens with one attached hydrogen (secondary N) is 1. The standard InChI is InChI=1S/C13H11BrN2O2S/c14-11-5-9(7-19-11)13(18)16-10-4-2-1-3-8(10)6-12(15)17/h1-5,7H,6H2,(H2,15,17)(H,16,18). The van der Waals surface area contributed by atoms with Crippen molar-refractivity contribution < 1.29 is 9.59 Å². The molecular formula is C13H11BrN2O2S. The van der Waals surface area contributed by atoms with Gasteiger partial charge in [0.25, 0.3) is 5.91 Å². The Hall–Kier alpha value is -1.66. The second-order valence-electron chi connectivity index (χ2n) is 3.89. The summed E-state index contributed by atoms with van der Waals surface area (Å²) >= 11 is 4.75. The van der Waals surface area contributed by atoms with Crippen molar-refractivity contribution in [1.29, 1.82) is 0 Å². The SMILES string of the molecule is NC(=O)Cc1ccccc1NC(=O)c1csc(Br)c1. The number of anilines is 1. The first-order chi connectivity index (χ1) is 9.06. The minimum absolute atomic E-state index is 0.101. The van der Waals surface area contributed by atoms with Gasteiger partial charge >= 0.3 is 0 Å². The quantitative estimate of drug-likeness (QED) is 0.899. The monoisotopic (exact) mass is 338 g/mol. The van der Waals surface area contributed by atoms with Crippen molar-refractivity contribution in [3.63, 3.8) is 0 Å². The summed E-state index contributed by atoms with van der Waals surface area (Å²) in [4.78, 5) is 23.0. The van der Waals surface area contributed by atoms with E-state index in [1.54, 1.807) is 35.7 Å². The molecule has 0 fully saturated rings. The van der Waals surface area contributed by atoms with Gasteiger partial charge in [-0.3, -0.25) is 9.59 Å². The lowest BCUT2D eigenvalue weighted by molar-refractivity contribution is -0.117. The summed E-state index contributed by atoms with van der Waals surface area (Å²) in [6.07, 6.45) is 0.101. The molecule has 0 unspecified atom stereocenters. The molecule has 1 aromatic heterocycles. The fraction of sp³-hybridized carbons (Fsp3) is 0.0769. The third-order valence-electron chi connectivity index (χ3n) is 2.46. The smallest absolute Gasteiger partial charge is 0.256 e. The van der Waals surface area contributed by atoms with Gasteiger partial charge in [0.05, 0.1) is 15.8 Å². The van der Waals surface area contributed by atoms with Crippen LogP contribution in [0.1, 0.15) is 15.9 Å². The number of para-hydroxylation sites is 1. The molecule has 2 aromatic rings. The Kier molecular flexibility index (Phi) is 4.34. The summed E-state index contributed by atoms with van der Waals surface area (Å²) in [5.74, 6) is -0.640. The van der Waals surface area contributed by atoms with Crippen LogP contribution in [0.5, 0.6) is 0 Å². The molecule has 0 aliphatic heterocycles. The molecule has 19 heavy (non-hydrogen) atoms. The molecule has 0 aliphatic carbocycles. The van der Waals surface area contributed by atoms with Crippen molar-refractivity contribution >= 4 is 44.8 Å². The van der Waals surface area contributed by atoms with Crippen LogP contribution in [-0.4, -0.2) is 11.8 Å². The van der Waals surface area contributed by atoms with E-state index in [0.717, 1.165) is 3.79 Å². The van der Waals surface area contributed by atoms with Gasteiger partial charge in [0.15, 0.2) is 0 Å². The first-order valence-electron chi connectivity index (χ1n) is 5.48. The Morgan fingerprint density at radius 1 is 1.32 bits per heavy atom. The van der Waals surface area contributed by atoms with E-state index in [4.69, 9.17) is 5.73 Å². The van der Waals surface area contributed by atoms with Crippen LogP contribution in [0.15, 0.2) is 39.5 Å². The molecule has 98 valence electrons. The Labute approximate surface area is 122 Å². The van der Waals surface area contributed by atoms with E-state index in [-0.39, 0.29) is 12.3 Å². The highest BCUT2D eigenvalue weighted by Gasteiger charge is 2.11. The highest BCUT2D eigenvalue weighted by Crippen LogP contribution is 2.22. The molecule has 1 aromatic carbocycles. The third kappa shape index (κ3) is 3.65. The number of primary amides is 1. The number of carbonyl (C=O) groups excluding carboxylic acids is 2. The first-order valence-corrected chi connectivity index (χ1v) is 7.15. The third-order valence-corrected chi connectivity index (χ3v) is 3.96. The summed E-state index contributed by atoms with van der Waals surface area (Å²) in [5.41, 5.74) is 7.07. The predicted octanol–water partition coefficient (Wildman–Crippen LogP) is 2.79. The van der Waals surface area contributed by atoms with Crippen molar-refractivity contribution in [1.82, 2.24) is 0 Å². The van der Waals surface area contributed by atoms with E-state index < -0.39 is 5.91 Å². The van der Waals surface area contributed by atoms with Crippen LogP contribution in [0.25, 0.3) is 0 Å². The second-order valence-corrected chi connectivity index (χ2v) is 6.18. The van der Waals surface area contributed by atoms with E-state index in [9.17, 15) is 9.59 Å². The highest BCUT2D eigenvalue weighted by atomic mass is 79.9. The molecule has 2 amide bonds. The zero-order valence-corrected chi connectivity index (χ0v) is 12.3. The zero-order chi connectivity index (χ0) is 13.8. The van der Waals surface area contributed by atoms with Crippen molar-refractivity contribution in [2.45, 2.75) is 6.42 Å². The van der Waals surface area contributed by atoms with Crippen LogP contribution in [0.3, 0.4) is 0 Å². The maximum Gasteiger partial charge on any atom is 0.256 e. The lowest BCUT2D eigenvalue weighted by Gasteiger charge is -2.09. The van der Waals surface area contributed by atoms with Crippen molar-refractivity contribution in [3.8, 4) is 0 Å². The maximum atomic E-state index is 12.0. The van der Waals surface area contributed by atoms with Gasteiger partial charge in [-0.15, -0.1) is 11.3 Å². The molecule has 2 rings (SSSR count). The van der Waals surface area contributed by atoms with Crippen molar-refractivity contribution in [3.05, 3.63) is 50.6 Å². The predicted molar refractivity (Wildman–Crippen MR) is 79.3 cm³/mol. The maximum absolute atomic E-state index is 12.0. The average molecular weight is 339 g/mol. The van der Waals surface area contributed by atoms with Gasteiger partial charge in [-0.1, -0.05) is 18.2 Å². The van der Waals surface area contributed by atoms with Gasteiger partial charge in [0.2, 0.25) is 5.91 Å². The van der Waals surface area contributed by atoms with Gasteiger partial charge in [-0.05, 0) is 33.6 Å². The van der Waals surface area contributed by atoms with E-state index >= 15 is 0 Å². The molecule has 1 heterocycles. The number of halogens is 1. The number of nitrogens with two attached hydrogens (primary N) is 1. The number of benzene rings is 1. The lowest BCUT2D eigenvalue weighted by atomic mass is 10.1. The van der Waals surface area contributed by atoms with Gasteiger partial charge < -0.3 is 11.1 Å². The fourth-order valence-electron chi connectivity index (χ4n) is 1.61. The molecule has 6 heteroatoms. The van der Waals surface area contributed by atoms with Crippen molar-refractivity contribution in [2.75, 3.05) is 5.32 Å². The number of rotatable bonds is 4. The normalized spacial score (nSPS) is 10.2. The summed E-state index contributed by atoms with van der Waals surface area (Å²) in [7, 11) is 0. The number of hydrogen-bond donors (Lipinski definition) is 2. The second kappa shape index (κ2) is 5.99. The summed E-state index contributed by atoms with van der Waals surface area (Å²) in [6.45, 7) is 0. The molecule has 4 nitrogen and oxygen atoms in total. The van der Waals surface area contributed by atoms with Crippen LogP contribution >= 0.6 is 27.3 Å². The van der Waals surface area contributed by atoms with Crippen molar-refractivity contribution in [2.24, 2.45) is 5.73 Å². The Balaban J connectivity index is 2.19. The molecular weight excluding hydrogens is 328 g/mol. The highest BCUT2D eigenvalue weighted by molar-refractivity contribution is 9.11. The summed E-state index contributed by atoms with van der Waals surface area (Å²) < 4.78 is 0.892. The molecule has 3 N–H and O–H groups in total. The number of thiophene rings is 1. The van der Waals surface area contributed by atoms with E-state index in [0.29, 0.717) is 16.8 Å². The van der Waals surface area contributed by atoms with E-state index in [2.05, 4.69) is 21.2 Å². The zero-order valence-electron chi connectivity index (χ0n) is 9.85. The largest absolute Gasteiger partial charge is 0.369 e. The molecule has 0 atom stereocenters. The molecule has 0 radical (unpaired) electrons.